The van der Waals surface area contributed by atoms with Gasteiger partial charge in [0.05, 0.1) is 18.3 Å². The third kappa shape index (κ3) is 6.01. The van der Waals surface area contributed by atoms with E-state index in [1.54, 1.807) is 6.07 Å². The van der Waals surface area contributed by atoms with Gasteiger partial charge in [0.25, 0.3) is 0 Å². The van der Waals surface area contributed by atoms with Gasteiger partial charge in [0.2, 0.25) is 0 Å². The maximum Gasteiger partial charge on any atom is 0.416 e. The van der Waals surface area contributed by atoms with E-state index in [0.717, 1.165) is 18.9 Å². The third-order valence-electron chi connectivity index (χ3n) is 5.22. The molecule has 0 N–H and O–H groups in total. The zero-order valence-electron chi connectivity index (χ0n) is 16.2. The normalized spacial score (nSPS) is 22.5. The Kier molecular flexibility index (Phi) is 6.91. The molecular weight excluding hydrogens is 377 g/mol. The molecule has 2 rings (SSSR count). The Balaban J connectivity index is 1.93. The van der Waals surface area contributed by atoms with E-state index in [-0.39, 0.29) is 16.4 Å². The summed E-state index contributed by atoms with van der Waals surface area (Å²) in [6.45, 7) is 12.2. The molecule has 0 spiro atoms. The van der Waals surface area contributed by atoms with E-state index in [9.17, 15) is 13.2 Å². The lowest BCUT2D eigenvalue weighted by atomic mass is 10.1. The van der Waals surface area contributed by atoms with Crippen LogP contribution in [0.5, 0.6) is 0 Å². The molecule has 2 unspecified atom stereocenters. The van der Waals surface area contributed by atoms with Crippen molar-refractivity contribution >= 4 is 20.1 Å². The fourth-order valence-electron chi connectivity index (χ4n) is 2.52. The highest BCUT2D eigenvalue weighted by molar-refractivity contribution is 8.00. The van der Waals surface area contributed by atoms with Crippen LogP contribution >= 0.6 is 11.8 Å². The predicted octanol–water partition coefficient (Wildman–Crippen LogP) is 6.37. The van der Waals surface area contributed by atoms with Gasteiger partial charge in [0, 0.05) is 16.8 Å². The topological polar surface area (TPSA) is 18.5 Å². The first-order valence-corrected chi connectivity index (χ1v) is 12.8. The Bertz CT molecular complexity index is 599. The molecule has 1 aliphatic rings. The van der Waals surface area contributed by atoms with Crippen LogP contribution in [0.25, 0.3) is 0 Å². The van der Waals surface area contributed by atoms with Gasteiger partial charge in [-0.2, -0.15) is 13.2 Å². The minimum absolute atomic E-state index is 0.0150. The van der Waals surface area contributed by atoms with Gasteiger partial charge >= 0.3 is 6.18 Å². The lowest BCUT2D eigenvalue weighted by Crippen LogP contribution is -2.44. The van der Waals surface area contributed by atoms with Gasteiger partial charge in [0.15, 0.2) is 8.32 Å². The Morgan fingerprint density at radius 2 is 1.92 bits per heavy atom. The average Bonchev–Trinajstić information content (AvgIpc) is 2.52. The number of ether oxygens (including phenoxy) is 1. The van der Waals surface area contributed by atoms with Crippen molar-refractivity contribution in [3.63, 3.8) is 0 Å². The highest BCUT2D eigenvalue weighted by Crippen LogP contribution is 2.38. The maximum atomic E-state index is 12.9. The average molecular weight is 407 g/mol. The van der Waals surface area contributed by atoms with Gasteiger partial charge in [-0.3, -0.25) is 0 Å². The van der Waals surface area contributed by atoms with Crippen LogP contribution in [0.3, 0.4) is 0 Å². The number of benzene rings is 1. The molecule has 148 valence electrons. The summed E-state index contributed by atoms with van der Waals surface area (Å²) >= 11 is 1.51. The van der Waals surface area contributed by atoms with Crippen LogP contribution in [0.2, 0.25) is 18.1 Å². The summed E-state index contributed by atoms with van der Waals surface area (Å²) in [5.41, 5.74) is -0.590. The molecule has 2 nitrogen and oxygen atoms in total. The first-order valence-electron chi connectivity index (χ1n) is 8.98. The molecule has 1 aliphatic heterocycles. The fraction of sp³-hybridized carbons (Fsp3) is 0.684. The molecule has 0 amide bonds. The number of rotatable bonds is 5. The number of alkyl halides is 3. The van der Waals surface area contributed by atoms with Crippen molar-refractivity contribution in [1.82, 2.24) is 0 Å². The van der Waals surface area contributed by atoms with E-state index in [1.165, 1.54) is 23.9 Å². The largest absolute Gasteiger partial charge is 0.416 e. The second-order valence-corrected chi connectivity index (χ2v) is 14.5. The summed E-state index contributed by atoms with van der Waals surface area (Å²) in [7, 11) is -1.83. The Labute approximate surface area is 160 Å². The number of hydrogen-bond donors (Lipinski definition) is 0. The molecule has 1 aromatic rings. The van der Waals surface area contributed by atoms with Crippen molar-refractivity contribution in [2.45, 2.75) is 74.2 Å². The SMILES string of the molecule is CC(C)(C)[Si](C)(C)OCC1CC(Sc2cccc(C(F)(F)F)c2)CCO1. The Hall–Kier alpha value is -0.503. The van der Waals surface area contributed by atoms with E-state index in [1.807, 2.05) is 0 Å². The number of thioether (sulfide) groups is 1. The second kappa shape index (κ2) is 8.25. The standard InChI is InChI=1S/C19H29F3O2SSi/c1-18(2,3)26(4,5)24-13-15-12-17(9-10-23-15)25-16-8-6-7-14(11-16)19(20,21)22/h6-8,11,15,17H,9-10,12-13H2,1-5H3. The molecule has 1 heterocycles. The van der Waals surface area contributed by atoms with Crippen LogP contribution in [0.15, 0.2) is 29.2 Å². The van der Waals surface area contributed by atoms with Crippen LogP contribution < -0.4 is 0 Å². The lowest BCUT2D eigenvalue weighted by Gasteiger charge is -2.38. The monoisotopic (exact) mass is 406 g/mol. The van der Waals surface area contributed by atoms with Crippen molar-refractivity contribution in [2.24, 2.45) is 0 Å². The molecule has 1 aromatic carbocycles. The first-order chi connectivity index (χ1) is 11.9. The van der Waals surface area contributed by atoms with E-state index in [0.29, 0.717) is 18.1 Å². The van der Waals surface area contributed by atoms with Gasteiger partial charge in [-0.05, 0) is 49.2 Å². The molecule has 0 radical (unpaired) electrons. The summed E-state index contributed by atoms with van der Waals surface area (Å²) in [5, 5.41) is 0.397. The molecule has 0 saturated carbocycles. The van der Waals surface area contributed by atoms with Gasteiger partial charge in [0.1, 0.15) is 0 Å². The molecule has 0 bridgehead atoms. The van der Waals surface area contributed by atoms with Crippen LogP contribution in [-0.4, -0.2) is 32.9 Å². The lowest BCUT2D eigenvalue weighted by molar-refractivity contribution is -0.137. The summed E-state index contributed by atoms with van der Waals surface area (Å²) in [5.74, 6) is 0. The molecular formula is C19H29F3O2SSi. The zero-order valence-corrected chi connectivity index (χ0v) is 18.0. The number of hydrogen-bond acceptors (Lipinski definition) is 3. The quantitative estimate of drug-likeness (QED) is 0.530. The number of halogens is 3. The Morgan fingerprint density at radius 3 is 2.54 bits per heavy atom. The minimum Gasteiger partial charge on any atom is -0.414 e. The van der Waals surface area contributed by atoms with Crippen molar-refractivity contribution in [3.8, 4) is 0 Å². The van der Waals surface area contributed by atoms with Crippen LogP contribution in [0.1, 0.15) is 39.2 Å². The van der Waals surface area contributed by atoms with Crippen molar-refractivity contribution in [1.29, 1.82) is 0 Å². The van der Waals surface area contributed by atoms with E-state index < -0.39 is 20.1 Å². The Morgan fingerprint density at radius 1 is 1.23 bits per heavy atom. The summed E-state index contributed by atoms with van der Waals surface area (Å²) in [6, 6.07) is 5.57. The van der Waals surface area contributed by atoms with Gasteiger partial charge < -0.3 is 9.16 Å². The van der Waals surface area contributed by atoms with Gasteiger partial charge in [-0.15, -0.1) is 11.8 Å². The van der Waals surface area contributed by atoms with Gasteiger partial charge in [-0.1, -0.05) is 26.8 Å². The maximum absolute atomic E-state index is 12.9. The second-order valence-electron chi connectivity index (χ2n) is 8.35. The molecule has 7 heteroatoms. The zero-order chi connectivity index (χ0) is 19.6. The molecule has 0 aliphatic carbocycles. The smallest absolute Gasteiger partial charge is 0.414 e. The van der Waals surface area contributed by atoms with E-state index in [2.05, 4.69) is 33.9 Å². The van der Waals surface area contributed by atoms with Crippen molar-refractivity contribution in [2.75, 3.05) is 13.2 Å². The van der Waals surface area contributed by atoms with Crippen LogP contribution in [0, 0.1) is 0 Å². The van der Waals surface area contributed by atoms with Crippen molar-refractivity contribution in [3.05, 3.63) is 29.8 Å². The van der Waals surface area contributed by atoms with E-state index >= 15 is 0 Å². The molecule has 26 heavy (non-hydrogen) atoms. The molecule has 1 saturated heterocycles. The fourth-order valence-corrected chi connectivity index (χ4v) is 4.82. The minimum atomic E-state index is -4.30. The molecule has 0 aromatic heterocycles. The van der Waals surface area contributed by atoms with E-state index in [4.69, 9.17) is 9.16 Å². The summed E-state index contributed by atoms with van der Waals surface area (Å²) in [6.07, 6.45) is -2.64. The van der Waals surface area contributed by atoms with Crippen LogP contribution in [-0.2, 0) is 15.3 Å². The van der Waals surface area contributed by atoms with Crippen molar-refractivity contribution < 1.29 is 22.3 Å². The van der Waals surface area contributed by atoms with Gasteiger partial charge in [-0.25, -0.2) is 0 Å². The highest BCUT2D eigenvalue weighted by atomic mass is 32.2. The summed E-state index contributed by atoms with van der Waals surface area (Å²) < 4.78 is 50.7. The summed E-state index contributed by atoms with van der Waals surface area (Å²) in [4.78, 5) is 0.663. The highest BCUT2D eigenvalue weighted by Gasteiger charge is 2.38. The van der Waals surface area contributed by atoms with Crippen LogP contribution in [0.4, 0.5) is 13.2 Å². The molecule has 2 atom stereocenters. The predicted molar refractivity (Wildman–Crippen MR) is 103 cm³/mol. The molecule has 1 fully saturated rings. The third-order valence-corrected chi connectivity index (χ3v) is 11.0. The first kappa shape index (κ1) is 21.8.